The molecule has 1 aromatic rings. The van der Waals surface area contributed by atoms with Gasteiger partial charge in [-0.05, 0) is 20.1 Å². The molecule has 4 nitrogen and oxygen atoms in total. The Balaban J connectivity index is 3.02. The highest BCUT2D eigenvalue weighted by Crippen LogP contribution is 2.18. The topological polar surface area (TPSA) is 50.9 Å². The Morgan fingerprint density at radius 2 is 2.18 bits per heavy atom. The molecule has 1 rings (SSSR count). The second-order valence-electron chi connectivity index (χ2n) is 2.44. The van der Waals surface area contributed by atoms with Gasteiger partial charge in [0.15, 0.2) is 5.16 Å². The monoisotopic (exact) mass is 173 g/mol. The first-order valence-electron chi connectivity index (χ1n) is 3.34. The van der Waals surface area contributed by atoms with Crippen LogP contribution in [0.1, 0.15) is 19.9 Å². The maximum absolute atomic E-state index is 8.96. The molecule has 0 bridgehead atoms. The summed E-state index contributed by atoms with van der Waals surface area (Å²) in [5.74, 6) is 0. The van der Waals surface area contributed by atoms with Crippen molar-refractivity contribution >= 4 is 11.8 Å². The quantitative estimate of drug-likeness (QED) is 0.684. The van der Waals surface area contributed by atoms with Crippen LogP contribution < -0.4 is 0 Å². The Hall–Kier alpha value is -0.710. The van der Waals surface area contributed by atoms with Gasteiger partial charge in [-0.1, -0.05) is 11.8 Å². The number of hydrogen-bond acceptors (Lipinski definition) is 4. The van der Waals surface area contributed by atoms with Gasteiger partial charge in [-0.25, -0.2) is 4.68 Å². The van der Waals surface area contributed by atoms with E-state index in [1.165, 1.54) is 11.8 Å². The SMILES string of the molecule is CSc1nc(O)nn1C(C)C. The summed E-state index contributed by atoms with van der Waals surface area (Å²) >= 11 is 1.47. The molecule has 0 unspecified atom stereocenters. The molecule has 0 aliphatic carbocycles. The van der Waals surface area contributed by atoms with Gasteiger partial charge < -0.3 is 5.11 Å². The largest absolute Gasteiger partial charge is 0.478 e. The fourth-order valence-corrected chi connectivity index (χ4v) is 1.39. The molecule has 0 saturated carbocycles. The van der Waals surface area contributed by atoms with Gasteiger partial charge in [-0.15, -0.1) is 5.10 Å². The average Bonchev–Trinajstić information content (AvgIpc) is 2.30. The van der Waals surface area contributed by atoms with Crippen LogP contribution in [0.3, 0.4) is 0 Å². The molecule has 0 fully saturated rings. The van der Waals surface area contributed by atoms with Gasteiger partial charge in [0, 0.05) is 6.04 Å². The molecule has 5 heteroatoms. The van der Waals surface area contributed by atoms with Crippen LogP contribution in [0.4, 0.5) is 0 Å². The molecule has 1 N–H and O–H groups in total. The van der Waals surface area contributed by atoms with Crippen molar-refractivity contribution in [2.24, 2.45) is 0 Å². The minimum atomic E-state index is -0.150. The molecule has 0 saturated heterocycles. The molecule has 0 aromatic carbocycles. The van der Waals surface area contributed by atoms with Crippen molar-refractivity contribution in [3.63, 3.8) is 0 Å². The first-order valence-corrected chi connectivity index (χ1v) is 4.57. The smallest absolute Gasteiger partial charge is 0.333 e. The number of aromatic nitrogens is 3. The van der Waals surface area contributed by atoms with E-state index in [9.17, 15) is 0 Å². The highest BCUT2D eigenvalue weighted by atomic mass is 32.2. The third kappa shape index (κ3) is 1.65. The van der Waals surface area contributed by atoms with Crippen LogP contribution in [0.2, 0.25) is 0 Å². The van der Waals surface area contributed by atoms with E-state index in [-0.39, 0.29) is 12.1 Å². The van der Waals surface area contributed by atoms with E-state index >= 15 is 0 Å². The van der Waals surface area contributed by atoms with E-state index in [0.29, 0.717) is 0 Å². The Labute approximate surface area is 69.6 Å². The van der Waals surface area contributed by atoms with E-state index in [2.05, 4.69) is 10.1 Å². The van der Waals surface area contributed by atoms with Crippen LogP contribution >= 0.6 is 11.8 Å². The summed E-state index contributed by atoms with van der Waals surface area (Å²) in [6.07, 6.45) is 1.91. The summed E-state index contributed by atoms with van der Waals surface area (Å²) in [5, 5.41) is 13.5. The molecule has 11 heavy (non-hydrogen) atoms. The van der Waals surface area contributed by atoms with E-state index < -0.39 is 0 Å². The van der Waals surface area contributed by atoms with Crippen LogP contribution in [0, 0.1) is 0 Å². The summed E-state index contributed by atoms with van der Waals surface area (Å²) in [4.78, 5) is 3.82. The molecule has 0 radical (unpaired) electrons. The fraction of sp³-hybridized carbons (Fsp3) is 0.667. The van der Waals surface area contributed by atoms with Gasteiger partial charge in [0.1, 0.15) is 0 Å². The van der Waals surface area contributed by atoms with Crippen LogP contribution in [0.5, 0.6) is 6.01 Å². The molecule has 0 atom stereocenters. The Morgan fingerprint density at radius 3 is 2.55 bits per heavy atom. The van der Waals surface area contributed by atoms with Crippen molar-refractivity contribution in [2.75, 3.05) is 6.26 Å². The standard InChI is InChI=1S/C6H11N3OS/c1-4(2)9-6(11-3)7-5(10)8-9/h4H,1-3H3,(H,8,10). The zero-order valence-corrected chi connectivity index (χ0v) is 7.59. The zero-order chi connectivity index (χ0) is 8.43. The third-order valence-electron chi connectivity index (χ3n) is 1.26. The zero-order valence-electron chi connectivity index (χ0n) is 6.77. The number of aromatic hydroxyl groups is 1. The number of hydrogen-bond donors (Lipinski definition) is 1. The normalized spacial score (nSPS) is 10.9. The molecular weight excluding hydrogens is 162 g/mol. The lowest BCUT2D eigenvalue weighted by molar-refractivity contribution is 0.413. The maximum Gasteiger partial charge on any atom is 0.333 e. The van der Waals surface area contributed by atoms with E-state index in [4.69, 9.17) is 5.11 Å². The second kappa shape index (κ2) is 3.13. The van der Waals surface area contributed by atoms with Gasteiger partial charge in [0.2, 0.25) is 0 Å². The molecule has 1 heterocycles. The molecular formula is C6H11N3OS. The lowest BCUT2D eigenvalue weighted by Gasteiger charge is -2.05. The van der Waals surface area contributed by atoms with Gasteiger partial charge in [0.05, 0.1) is 0 Å². The van der Waals surface area contributed by atoms with E-state index in [0.717, 1.165) is 5.16 Å². The maximum atomic E-state index is 8.96. The number of thioether (sulfide) groups is 1. The summed E-state index contributed by atoms with van der Waals surface area (Å²) < 4.78 is 1.69. The van der Waals surface area contributed by atoms with E-state index in [1.54, 1.807) is 4.68 Å². The molecule has 1 aromatic heterocycles. The fourth-order valence-electron chi connectivity index (χ4n) is 0.774. The van der Waals surface area contributed by atoms with Crippen LogP contribution in [0.15, 0.2) is 5.16 Å². The predicted octanol–water partition coefficient (Wildman–Crippen LogP) is 1.29. The van der Waals surface area contributed by atoms with Crippen molar-refractivity contribution in [3.8, 4) is 6.01 Å². The summed E-state index contributed by atoms with van der Waals surface area (Å²) in [7, 11) is 0. The summed E-state index contributed by atoms with van der Waals surface area (Å²) in [5.41, 5.74) is 0. The van der Waals surface area contributed by atoms with Crippen LogP contribution in [0.25, 0.3) is 0 Å². The number of rotatable bonds is 2. The van der Waals surface area contributed by atoms with Crippen molar-refractivity contribution in [1.82, 2.24) is 14.8 Å². The molecule has 0 aliphatic heterocycles. The predicted molar refractivity (Wildman–Crippen MR) is 43.9 cm³/mol. The van der Waals surface area contributed by atoms with Crippen LogP contribution in [-0.2, 0) is 0 Å². The Morgan fingerprint density at radius 1 is 1.55 bits per heavy atom. The number of nitrogens with zero attached hydrogens (tertiary/aromatic N) is 3. The first-order chi connectivity index (χ1) is 5.15. The second-order valence-corrected chi connectivity index (χ2v) is 3.21. The van der Waals surface area contributed by atoms with E-state index in [1.807, 2.05) is 20.1 Å². The van der Waals surface area contributed by atoms with Crippen LogP contribution in [-0.4, -0.2) is 26.1 Å². The first kappa shape index (κ1) is 8.39. The third-order valence-corrected chi connectivity index (χ3v) is 1.90. The molecule has 0 amide bonds. The van der Waals surface area contributed by atoms with Crippen molar-refractivity contribution in [1.29, 1.82) is 0 Å². The lowest BCUT2D eigenvalue weighted by atomic mass is 10.4. The Bertz CT molecular complexity index is 246. The minimum absolute atomic E-state index is 0.150. The Kier molecular flexibility index (Phi) is 2.38. The molecule has 0 spiro atoms. The van der Waals surface area contributed by atoms with Crippen molar-refractivity contribution < 1.29 is 5.11 Å². The highest BCUT2D eigenvalue weighted by Gasteiger charge is 2.09. The van der Waals surface area contributed by atoms with Gasteiger partial charge >= 0.3 is 6.01 Å². The van der Waals surface area contributed by atoms with Crippen molar-refractivity contribution in [2.45, 2.75) is 25.0 Å². The van der Waals surface area contributed by atoms with Gasteiger partial charge in [-0.2, -0.15) is 4.98 Å². The van der Waals surface area contributed by atoms with Gasteiger partial charge in [-0.3, -0.25) is 0 Å². The summed E-state index contributed by atoms with van der Waals surface area (Å²) in [6, 6.07) is 0.0916. The summed E-state index contributed by atoms with van der Waals surface area (Å²) in [6.45, 7) is 3.99. The average molecular weight is 173 g/mol. The van der Waals surface area contributed by atoms with Gasteiger partial charge in [0.25, 0.3) is 0 Å². The van der Waals surface area contributed by atoms with Crippen molar-refractivity contribution in [3.05, 3.63) is 0 Å². The lowest BCUT2D eigenvalue weighted by Crippen LogP contribution is -2.03. The minimum Gasteiger partial charge on any atom is -0.478 e. The molecule has 0 aliphatic rings. The highest BCUT2D eigenvalue weighted by molar-refractivity contribution is 7.98. The molecule has 62 valence electrons.